The summed E-state index contributed by atoms with van der Waals surface area (Å²) in [4.78, 5) is 4.45. The fourth-order valence-corrected chi connectivity index (χ4v) is 2.29. The van der Waals surface area contributed by atoms with E-state index in [9.17, 15) is 0 Å². The number of aromatic nitrogens is 3. The van der Waals surface area contributed by atoms with Gasteiger partial charge in [0.25, 0.3) is 0 Å². The van der Waals surface area contributed by atoms with Gasteiger partial charge in [0.05, 0.1) is 0 Å². The van der Waals surface area contributed by atoms with Gasteiger partial charge in [-0.1, -0.05) is 45.6 Å². The third-order valence-corrected chi connectivity index (χ3v) is 3.47. The Balaban J connectivity index is 1.68. The van der Waals surface area contributed by atoms with Crippen molar-refractivity contribution in [3.05, 3.63) is 23.9 Å². The smallest absolute Gasteiger partial charge is 0.243 e. The molecule has 0 saturated heterocycles. The molecule has 0 aromatic carbocycles. The van der Waals surface area contributed by atoms with Crippen LogP contribution >= 0.6 is 0 Å². The number of unbranched alkanes of at least 4 members (excludes halogenated alkanes) is 3. The third-order valence-electron chi connectivity index (χ3n) is 3.47. The predicted molar refractivity (Wildman–Crippen MR) is 84.1 cm³/mol. The van der Waals surface area contributed by atoms with Crippen molar-refractivity contribution >= 4 is 11.6 Å². The highest BCUT2D eigenvalue weighted by Crippen LogP contribution is 2.10. The lowest BCUT2D eigenvalue weighted by atomic mass is 10.0. The number of nitrogens with zero attached hydrogens (tertiary/aromatic N) is 3. The van der Waals surface area contributed by atoms with Gasteiger partial charge in [0.2, 0.25) is 5.95 Å². The van der Waals surface area contributed by atoms with Gasteiger partial charge >= 0.3 is 0 Å². The number of hydrogen-bond donors (Lipinski definition) is 1. The molecule has 2 aromatic rings. The summed E-state index contributed by atoms with van der Waals surface area (Å²) in [6.07, 6.45) is 8.50. The molecule has 0 bridgehead atoms. The minimum atomic E-state index is 0.734. The van der Waals surface area contributed by atoms with Crippen LogP contribution in [0.1, 0.15) is 51.5 Å². The van der Waals surface area contributed by atoms with E-state index in [1.165, 1.54) is 37.7 Å². The Bertz CT molecular complexity index is 530. The van der Waals surface area contributed by atoms with Crippen molar-refractivity contribution < 1.29 is 0 Å². The van der Waals surface area contributed by atoms with Gasteiger partial charge in [-0.05, 0) is 30.9 Å². The maximum atomic E-state index is 4.45. The Morgan fingerprint density at radius 2 is 1.95 bits per heavy atom. The standard InChI is InChI=1S/C16H26N4/c1-13(2)8-6-4-5-7-11-17-16-18-15-10-9-14(3)12-20(15)19-16/h9-10,12-13H,4-8,11H2,1-3H3,(H,17,19). The van der Waals surface area contributed by atoms with Gasteiger partial charge in [-0.15, -0.1) is 5.10 Å². The lowest BCUT2D eigenvalue weighted by Crippen LogP contribution is -2.03. The molecule has 4 nitrogen and oxygen atoms in total. The van der Waals surface area contributed by atoms with Crippen LogP contribution in [0.3, 0.4) is 0 Å². The first kappa shape index (κ1) is 14.8. The second-order valence-corrected chi connectivity index (χ2v) is 5.97. The molecule has 0 aliphatic heterocycles. The number of nitrogens with one attached hydrogen (secondary N) is 1. The minimum Gasteiger partial charge on any atom is -0.353 e. The molecule has 0 aliphatic carbocycles. The first-order valence-corrected chi connectivity index (χ1v) is 7.72. The first-order chi connectivity index (χ1) is 9.65. The minimum absolute atomic E-state index is 0.734. The first-order valence-electron chi connectivity index (χ1n) is 7.72. The predicted octanol–water partition coefficient (Wildman–Crippen LogP) is 4.06. The van der Waals surface area contributed by atoms with Crippen molar-refractivity contribution in [2.45, 2.75) is 52.9 Å². The summed E-state index contributed by atoms with van der Waals surface area (Å²) >= 11 is 0. The lowest BCUT2D eigenvalue weighted by Gasteiger charge is -2.04. The van der Waals surface area contributed by atoms with E-state index in [0.717, 1.165) is 24.1 Å². The highest BCUT2D eigenvalue weighted by molar-refractivity contribution is 5.43. The summed E-state index contributed by atoms with van der Waals surface area (Å²) in [6, 6.07) is 4.06. The third kappa shape index (κ3) is 4.51. The fourth-order valence-electron chi connectivity index (χ4n) is 2.29. The topological polar surface area (TPSA) is 42.2 Å². The quantitative estimate of drug-likeness (QED) is 0.738. The molecule has 2 rings (SSSR count). The fraction of sp³-hybridized carbons (Fsp3) is 0.625. The molecular formula is C16H26N4. The average Bonchev–Trinajstić information content (AvgIpc) is 2.79. The van der Waals surface area contributed by atoms with Crippen molar-refractivity contribution in [3.63, 3.8) is 0 Å². The molecule has 20 heavy (non-hydrogen) atoms. The van der Waals surface area contributed by atoms with E-state index in [4.69, 9.17) is 0 Å². The molecular weight excluding hydrogens is 248 g/mol. The van der Waals surface area contributed by atoms with Gasteiger partial charge in [-0.25, -0.2) is 4.52 Å². The van der Waals surface area contributed by atoms with E-state index in [1.54, 1.807) is 0 Å². The molecule has 0 saturated carbocycles. The van der Waals surface area contributed by atoms with Gasteiger partial charge in [0, 0.05) is 12.7 Å². The summed E-state index contributed by atoms with van der Waals surface area (Å²) in [5, 5.41) is 7.74. The van der Waals surface area contributed by atoms with Crippen LogP contribution in [0, 0.1) is 12.8 Å². The van der Waals surface area contributed by atoms with Crippen LogP contribution in [0.15, 0.2) is 18.3 Å². The highest BCUT2D eigenvalue weighted by Gasteiger charge is 2.02. The summed E-state index contributed by atoms with van der Waals surface area (Å²) in [7, 11) is 0. The highest BCUT2D eigenvalue weighted by atomic mass is 15.3. The summed E-state index contributed by atoms with van der Waals surface area (Å²) in [5.74, 6) is 1.57. The molecule has 1 N–H and O–H groups in total. The monoisotopic (exact) mass is 274 g/mol. The normalized spacial score (nSPS) is 11.4. The van der Waals surface area contributed by atoms with Gasteiger partial charge in [-0.2, -0.15) is 4.98 Å². The Labute approximate surface area is 121 Å². The Kier molecular flexibility index (Phi) is 5.39. The second-order valence-electron chi connectivity index (χ2n) is 5.97. The van der Waals surface area contributed by atoms with Gasteiger partial charge < -0.3 is 5.32 Å². The molecule has 0 spiro atoms. The van der Waals surface area contributed by atoms with E-state index in [2.05, 4.69) is 42.2 Å². The van der Waals surface area contributed by atoms with E-state index >= 15 is 0 Å². The van der Waals surface area contributed by atoms with Crippen LogP contribution in [0.2, 0.25) is 0 Å². The number of rotatable bonds is 8. The van der Waals surface area contributed by atoms with Crippen LogP contribution in [-0.4, -0.2) is 21.1 Å². The maximum Gasteiger partial charge on any atom is 0.243 e. The van der Waals surface area contributed by atoms with Gasteiger partial charge in [-0.3, -0.25) is 0 Å². The molecule has 0 unspecified atom stereocenters. The number of fused-ring (bicyclic) bond motifs is 1. The van der Waals surface area contributed by atoms with Gasteiger partial charge in [0.15, 0.2) is 5.65 Å². The molecule has 2 heterocycles. The summed E-state index contributed by atoms with van der Waals surface area (Å²) in [5.41, 5.74) is 2.09. The summed E-state index contributed by atoms with van der Waals surface area (Å²) < 4.78 is 1.83. The zero-order chi connectivity index (χ0) is 14.4. The largest absolute Gasteiger partial charge is 0.353 e. The van der Waals surface area contributed by atoms with E-state index in [0.29, 0.717) is 0 Å². The molecule has 0 fully saturated rings. The zero-order valence-corrected chi connectivity index (χ0v) is 12.9. The van der Waals surface area contributed by atoms with E-state index < -0.39 is 0 Å². The average molecular weight is 274 g/mol. The molecule has 0 amide bonds. The summed E-state index contributed by atoms with van der Waals surface area (Å²) in [6.45, 7) is 7.60. The number of hydrogen-bond acceptors (Lipinski definition) is 3. The van der Waals surface area contributed by atoms with Crippen LogP contribution in [0.25, 0.3) is 5.65 Å². The van der Waals surface area contributed by atoms with Crippen LogP contribution in [0.5, 0.6) is 0 Å². The van der Waals surface area contributed by atoms with E-state index in [-0.39, 0.29) is 0 Å². The van der Waals surface area contributed by atoms with Crippen molar-refractivity contribution in [1.29, 1.82) is 0 Å². The number of aryl methyl sites for hydroxylation is 1. The van der Waals surface area contributed by atoms with Crippen molar-refractivity contribution in [2.75, 3.05) is 11.9 Å². The van der Waals surface area contributed by atoms with Crippen LogP contribution < -0.4 is 5.32 Å². The number of anilines is 1. The van der Waals surface area contributed by atoms with Crippen molar-refractivity contribution in [2.24, 2.45) is 5.92 Å². The Morgan fingerprint density at radius 1 is 1.15 bits per heavy atom. The second kappa shape index (κ2) is 7.27. The molecule has 2 aromatic heterocycles. The van der Waals surface area contributed by atoms with Crippen LogP contribution in [0.4, 0.5) is 5.95 Å². The zero-order valence-electron chi connectivity index (χ0n) is 12.9. The lowest BCUT2D eigenvalue weighted by molar-refractivity contribution is 0.523. The molecule has 0 atom stereocenters. The Morgan fingerprint density at radius 3 is 2.75 bits per heavy atom. The number of pyridine rings is 1. The Hall–Kier alpha value is -1.58. The van der Waals surface area contributed by atoms with Gasteiger partial charge in [0.1, 0.15) is 0 Å². The SMILES string of the molecule is Cc1ccc2nc(NCCCCCCC(C)C)nn2c1. The van der Waals surface area contributed by atoms with E-state index in [1.807, 2.05) is 16.8 Å². The molecule has 4 heteroatoms. The molecule has 0 aliphatic rings. The van der Waals surface area contributed by atoms with Crippen molar-refractivity contribution in [1.82, 2.24) is 14.6 Å². The molecule has 110 valence electrons. The molecule has 0 radical (unpaired) electrons. The van der Waals surface area contributed by atoms with Crippen LogP contribution in [-0.2, 0) is 0 Å². The van der Waals surface area contributed by atoms with Crippen molar-refractivity contribution in [3.8, 4) is 0 Å². The maximum absolute atomic E-state index is 4.45.